The van der Waals surface area contributed by atoms with Gasteiger partial charge in [0, 0.05) is 32.0 Å². The summed E-state index contributed by atoms with van der Waals surface area (Å²) in [6.07, 6.45) is 2.53. The van der Waals surface area contributed by atoms with E-state index in [9.17, 15) is 9.59 Å². The van der Waals surface area contributed by atoms with Gasteiger partial charge in [-0.15, -0.1) is 0 Å². The largest absolute Gasteiger partial charge is 0.376 e. The van der Waals surface area contributed by atoms with Crippen molar-refractivity contribution in [3.63, 3.8) is 0 Å². The number of ether oxygens (including phenoxy) is 1. The van der Waals surface area contributed by atoms with Gasteiger partial charge < -0.3 is 15.0 Å². The molecule has 160 valence electrons. The van der Waals surface area contributed by atoms with Gasteiger partial charge in [-0.1, -0.05) is 74.5 Å². The number of carbonyl (C=O) groups excluding carboxylic acids is 2. The first kappa shape index (κ1) is 22.0. The summed E-state index contributed by atoms with van der Waals surface area (Å²) in [5.41, 5.74) is 2.04. The lowest BCUT2D eigenvalue weighted by Gasteiger charge is -2.33. The molecule has 5 heteroatoms. The predicted octanol–water partition coefficient (Wildman–Crippen LogP) is 3.58. The number of hydrogen-bond acceptors (Lipinski definition) is 3. The molecule has 3 rings (SSSR count). The number of rotatable bonds is 9. The molecule has 2 atom stereocenters. The van der Waals surface area contributed by atoms with Crippen LogP contribution in [0.25, 0.3) is 0 Å². The highest BCUT2D eigenvalue weighted by Gasteiger charge is 2.32. The van der Waals surface area contributed by atoms with Crippen LogP contribution in [0.3, 0.4) is 0 Å². The molecule has 2 aromatic rings. The molecule has 0 aromatic heterocycles. The van der Waals surface area contributed by atoms with Gasteiger partial charge in [-0.05, 0) is 24.0 Å². The second-order valence-corrected chi connectivity index (χ2v) is 8.19. The zero-order chi connectivity index (χ0) is 21.3. The molecule has 0 unspecified atom stereocenters. The van der Waals surface area contributed by atoms with Crippen LogP contribution in [0.4, 0.5) is 0 Å². The number of nitrogens with one attached hydrogen (secondary N) is 1. The molecule has 1 aliphatic rings. The Morgan fingerprint density at radius 1 is 1.03 bits per heavy atom. The molecule has 1 N–H and O–H groups in total. The zero-order valence-electron chi connectivity index (χ0n) is 17.9. The summed E-state index contributed by atoms with van der Waals surface area (Å²) < 4.78 is 5.65. The van der Waals surface area contributed by atoms with Gasteiger partial charge in [0.25, 0.3) is 0 Å². The first-order valence-corrected chi connectivity index (χ1v) is 10.8. The van der Waals surface area contributed by atoms with E-state index in [1.54, 1.807) is 4.90 Å². The molecule has 1 fully saturated rings. The predicted molar refractivity (Wildman–Crippen MR) is 118 cm³/mol. The maximum Gasteiger partial charge on any atom is 0.243 e. The number of benzene rings is 2. The molecule has 2 amide bonds. The van der Waals surface area contributed by atoms with Crippen molar-refractivity contribution in [1.82, 2.24) is 10.2 Å². The van der Waals surface area contributed by atoms with Gasteiger partial charge in [-0.25, -0.2) is 0 Å². The molecular formula is C25H32N2O3. The molecule has 5 nitrogen and oxygen atoms in total. The van der Waals surface area contributed by atoms with E-state index in [-0.39, 0.29) is 23.8 Å². The van der Waals surface area contributed by atoms with Crippen molar-refractivity contribution in [2.45, 2.75) is 51.8 Å². The Hall–Kier alpha value is -2.66. The second-order valence-electron chi connectivity index (χ2n) is 8.19. The minimum atomic E-state index is -0.580. The van der Waals surface area contributed by atoms with Gasteiger partial charge in [0.1, 0.15) is 6.04 Å². The Morgan fingerprint density at radius 2 is 1.67 bits per heavy atom. The molecule has 1 saturated heterocycles. The molecular weight excluding hydrogens is 376 g/mol. The Labute approximate surface area is 179 Å². The van der Waals surface area contributed by atoms with Crippen LogP contribution in [-0.2, 0) is 27.3 Å². The third-order valence-corrected chi connectivity index (χ3v) is 5.45. The zero-order valence-corrected chi connectivity index (χ0v) is 17.9. The summed E-state index contributed by atoms with van der Waals surface area (Å²) in [6.45, 7) is 5.40. The molecule has 1 heterocycles. The van der Waals surface area contributed by atoms with Crippen LogP contribution in [0.15, 0.2) is 60.7 Å². The summed E-state index contributed by atoms with van der Waals surface area (Å²) >= 11 is 0. The number of hydrogen-bond donors (Lipinski definition) is 1. The molecule has 0 bridgehead atoms. The maximum absolute atomic E-state index is 13.3. The highest BCUT2D eigenvalue weighted by Crippen LogP contribution is 2.18. The Kier molecular flexibility index (Phi) is 8.03. The van der Waals surface area contributed by atoms with E-state index >= 15 is 0 Å². The van der Waals surface area contributed by atoms with Gasteiger partial charge in [-0.2, -0.15) is 0 Å². The highest BCUT2D eigenvalue weighted by atomic mass is 16.5. The maximum atomic E-state index is 13.3. The normalized spacial score (nSPS) is 17.0. The van der Waals surface area contributed by atoms with E-state index in [1.807, 2.05) is 74.5 Å². The monoisotopic (exact) mass is 408 g/mol. The van der Waals surface area contributed by atoms with Crippen molar-refractivity contribution in [3.05, 3.63) is 71.8 Å². The molecule has 2 aromatic carbocycles. The van der Waals surface area contributed by atoms with Crippen LogP contribution >= 0.6 is 0 Å². The summed E-state index contributed by atoms with van der Waals surface area (Å²) in [5, 5.41) is 3.05. The van der Waals surface area contributed by atoms with Crippen LogP contribution in [0, 0.1) is 5.92 Å². The third-order valence-electron chi connectivity index (χ3n) is 5.45. The van der Waals surface area contributed by atoms with E-state index < -0.39 is 6.04 Å². The average Bonchev–Trinajstić information content (AvgIpc) is 3.29. The lowest BCUT2D eigenvalue weighted by atomic mass is 10.0. The van der Waals surface area contributed by atoms with Crippen LogP contribution in [0.2, 0.25) is 0 Å². The van der Waals surface area contributed by atoms with E-state index in [1.165, 1.54) is 0 Å². The van der Waals surface area contributed by atoms with Gasteiger partial charge in [-0.3, -0.25) is 9.59 Å². The molecule has 1 aliphatic heterocycles. The van der Waals surface area contributed by atoms with Crippen LogP contribution in [0.1, 0.15) is 37.8 Å². The van der Waals surface area contributed by atoms with Gasteiger partial charge in [0.05, 0.1) is 6.10 Å². The number of nitrogens with zero attached hydrogens (tertiary/aromatic N) is 1. The lowest BCUT2D eigenvalue weighted by molar-refractivity contribution is -0.143. The summed E-state index contributed by atoms with van der Waals surface area (Å²) in [4.78, 5) is 28.2. The van der Waals surface area contributed by atoms with Crippen LogP contribution in [0.5, 0.6) is 0 Å². The highest BCUT2D eigenvalue weighted by molar-refractivity contribution is 5.88. The summed E-state index contributed by atoms with van der Waals surface area (Å²) in [7, 11) is 0. The van der Waals surface area contributed by atoms with E-state index in [2.05, 4.69) is 5.32 Å². The topological polar surface area (TPSA) is 58.6 Å². The fourth-order valence-corrected chi connectivity index (χ4v) is 3.77. The van der Waals surface area contributed by atoms with Crippen molar-refractivity contribution >= 4 is 11.8 Å². The first-order valence-electron chi connectivity index (χ1n) is 10.8. The Morgan fingerprint density at radius 3 is 2.23 bits per heavy atom. The molecule has 30 heavy (non-hydrogen) atoms. The minimum Gasteiger partial charge on any atom is -0.376 e. The molecule has 0 radical (unpaired) electrons. The Balaban J connectivity index is 1.84. The van der Waals surface area contributed by atoms with E-state index in [0.717, 1.165) is 30.6 Å². The van der Waals surface area contributed by atoms with Crippen LogP contribution < -0.4 is 5.32 Å². The van der Waals surface area contributed by atoms with E-state index in [0.29, 0.717) is 19.5 Å². The fraction of sp³-hybridized carbons (Fsp3) is 0.440. The van der Waals surface area contributed by atoms with E-state index in [4.69, 9.17) is 4.74 Å². The average molecular weight is 409 g/mol. The molecule has 0 saturated carbocycles. The fourth-order valence-electron chi connectivity index (χ4n) is 3.77. The first-order chi connectivity index (χ1) is 14.5. The number of carbonyl (C=O) groups is 2. The smallest absolute Gasteiger partial charge is 0.243 e. The number of amides is 2. The van der Waals surface area contributed by atoms with Crippen LogP contribution in [-0.4, -0.2) is 42.0 Å². The minimum absolute atomic E-state index is 0.0212. The summed E-state index contributed by atoms with van der Waals surface area (Å²) in [6, 6.07) is 19.1. The van der Waals surface area contributed by atoms with Crippen molar-refractivity contribution in [1.29, 1.82) is 0 Å². The molecule has 0 aliphatic carbocycles. The van der Waals surface area contributed by atoms with Gasteiger partial charge in [0.15, 0.2) is 0 Å². The van der Waals surface area contributed by atoms with Crippen molar-refractivity contribution in [3.8, 4) is 0 Å². The van der Waals surface area contributed by atoms with Crippen molar-refractivity contribution in [2.24, 2.45) is 5.92 Å². The standard InChI is InChI=1S/C25H32N2O3/c1-19(2)25(29)27(18-21-12-7-4-8-13-21)23(16-20-10-5-3-6-11-20)24(28)26-17-22-14-9-15-30-22/h3-8,10-13,19,22-23H,9,14-18H2,1-2H3,(H,26,28)/t22-,23+/m0/s1. The van der Waals surface area contributed by atoms with Gasteiger partial charge >= 0.3 is 0 Å². The SMILES string of the molecule is CC(C)C(=O)N(Cc1ccccc1)[C@H](Cc1ccccc1)C(=O)NC[C@@H]1CCCO1. The molecule has 0 spiro atoms. The second kappa shape index (κ2) is 10.9. The Bertz CT molecular complexity index is 802. The summed E-state index contributed by atoms with van der Waals surface area (Å²) in [5.74, 6) is -0.343. The third kappa shape index (κ3) is 6.17. The van der Waals surface area contributed by atoms with Crippen molar-refractivity contribution in [2.75, 3.05) is 13.2 Å². The van der Waals surface area contributed by atoms with Crippen molar-refractivity contribution < 1.29 is 14.3 Å². The quantitative estimate of drug-likeness (QED) is 0.690. The lowest BCUT2D eigenvalue weighted by Crippen LogP contribution is -2.52. The van der Waals surface area contributed by atoms with Gasteiger partial charge in [0.2, 0.25) is 11.8 Å².